The Hall–Kier alpha value is -1.47. The molecular weight excluding hydrogens is 206 g/mol. The van der Waals surface area contributed by atoms with Crippen molar-refractivity contribution >= 4 is 17.8 Å². The van der Waals surface area contributed by atoms with Gasteiger partial charge < -0.3 is 15.1 Å². The maximum absolute atomic E-state index is 11.2. The number of imide groups is 1. The summed E-state index contributed by atoms with van der Waals surface area (Å²) in [5.74, 6) is -3.32. The molecule has 2 N–H and O–H groups in total. The summed E-state index contributed by atoms with van der Waals surface area (Å²) in [6.07, 6.45) is 0.0179. The molecule has 0 bridgehead atoms. The summed E-state index contributed by atoms with van der Waals surface area (Å²) < 4.78 is 0. The van der Waals surface area contributed by atoms with Gasteiger partial charge in [-0.05, 0) is 0 Å². The highest BCUT2D eigenvalue weighted by molar-refractivity contribution is 6.01. The van der Waals surface area contributed by atoms with Crippen molar-refractivity contribution in [1.82, 2.24) is 5.06 Å². The maximum atomic E-state index is 11.2. The van der Waals surface area contributed by atoms with Crippen molar-refractivity contribution in [3.05, 3.63) is 0 Å². The minimum atomic E-state index is -1.13. The molecule has 84 valence electrons. The van der Waals surface area contributed by atoms with Gasteiger partial charge in [0.1, 0.15) is 5.92 Å². The Morgan fingerprint density at radius 3 is 2.13 bits per heavy atom. The highest BCUT2D eigenvalue weighted by atomic mass is 16.7. The Kier molecular flexibility index (Phi) is 3.75. The second kappa shape index (κ2) is 4.85. The Bertz CT molecular complexity index is 269. The fourth-order valence-corrected chi connectivity index (χ4v) is 1.03. The minimum absolute atomic E-state index is 0.00896. The van der Waals surface area contributed by atoms with Crippen molar-refractivity contribution in [2.75, 3.05) is 13.2 Å². The van der Waals surface area contributed by atoms with Crippen LogP contribution in [0.4, 0.5) is 0 Å². The predicted molar refractivity (Wildman–Crippen MR) is 44.8 cm³/mol. The van der Waals surface area contributed by atoms with E-state index >= 15 is 0 Å². The molecule has 0 aromatic heterocycles. The number of amides is 2. The van der Waals surface area contributed by atoms with E-state index in [2.05, 4.69) is 4.84 Å². The van der Waals surface area contributed by atoms with Crippen LogP contribution in [0.1, 0.15) is 12.8 Å². The van der Waals surface area contributed by atoms with E-state index in [1.165, 1.54) is 0 Å². The van der Waals surface area contributed by atoms with Gasteiger partial charge in [0, 0.05) is 12.8 Å². The fourth-order valence-electron chi connectivity index (χ4n) is 1.03. The SMILES string of the molecule is O=C(ON1C(=O)CCC1=O)C(CO)CO. The van der Waals surface area contributed by atoms with E-state index < -0.39 is 36.9 Å². The Balaban J connectivity index is 2.57. The zero-order valence-corrected chi connectivity index (χ0v) is 7.88. The van der Waals surface area contributed by atoms with Gasteiger partial charge in [-0.3, -0.25) is 9.59 Å². The molecule has 1 rings (SSSR count). The van der Waals surface area contributed by atoms with Gasteiger partial charge in [-0.25, -0.2) is 4.79 Å². The van der Waals surface area contributed by atoms with Gasteiger partial charge in [0.15, 0.2) is 0 Å². The highest BCUT2D eigenvalue weighted by Crippen LogP contribution is 2.13. The number of hydrogen-bond donors (Lipinski definition) is 2. The molecule has 15 heavy (non-hydrogen) atoms. The van der Waals surface area contributed by atoms with Crippen LogP contribution in [0.15, 0.2) is 0 Å². The number of aliphatic hydroxyl groups is 2. The van der Waals surface area contributed by atoms with Gasteiger partial charge >= 0.3 is 5.97 Å². The number of carbonyl (C=O) groups excluding carboxylic acids is 3. The molecule has 0 aromatic carbocycles. The van der Waals surface area contributed by atoms with Crippen LogP contribution in [0.5, 0.6) is 0 Å². The molecule has 0 spiro atoms. The molecule has 1 fully saturated rings. The minimum Gasteiger partial charge on any atom is -0.395 e. The summed E-state index contributed by atoms with van der Waals surface area (Å²) in [6.45, 7) is -1.21. The summed E-state index contributed by atoms with van der Waals surface area (Å²) in [5, 5.41) is 17.7. The maximum Gasteiger partial charge on any atom is 0.340 e. The lowest BCUT2D eigenvalue weighted by molar-refractivity contribution is -0.202. The summed E-state index contributed by atoms with van der Waals surface area (Å²) >= 11 is 0. The van der Waals surface area contributed by atoms with Crippen LogP contribution in [0.25, 0.3) is 0 Å². The zero-order valence-electron chi connectivity index (χ0n) is 7.88. The zero-order chi connectivity index (χ0) is 11.4. The molecule has 1 saturated heterocycles. The second-order valence-electron chi connectivity index (χ2n) is 3.05. The number of aliphatic hydroxyl groups excluding tert-OH is 2. The summed E-state index contributed by atoms with van der Waals surface area (Å²) in [6, 6.07) is 0. The van der Waals surface area contributed by atoms with E-state index in [1.807, 2.05) is 0 Å². The molecule has 0 saturated carbocycles. The number of hydroxylamine groups is 2. The number of rotatable bonds is 4. The average Bonchev–Trinajstić information content (AvgIpc) is 2.51. The van der Waals surface area contributed by atoms with E-state index in [0.717, 1.165) is 0 Å². The van der Waals surface area contributed by atoms with E-state index in [0.29, 0.717) is 5.06 Å². The Morgan fingerprint density at radius 1 is 1.27 bits per heavy atom. The summed E-state index contributed by atoms with van der Waals surface area (Å²) in [7, 11) is 0. The number of hydrogen-bond acceptors (Lipinski definition) is 6. The predicted octanol–water partition coefficient (Wildman–Crippen LogP) is -1.81. The standard InChI is InChI=1S/C8H11NO6/c10-3-5(4-11)8(14)15-9-6(12)1-2-7(9)13/h5,10-11H,1-4H2. The molecule has 1 aliphatic heterocycles. The van der Waals surface area contributed by atoms with Crippen molar-refractivity contribution in [3.8, 4) is 0 Å². The van der Waals surface area contributed by atoms with Crippen LogP contribution in [0, 0.1) is 5.92 Å². The first-order valence-electron chi connectivity index (χ1n) is 4.39. The molecule has 7 nitrogen and oxygen atoms in total. The molecular formula is C8H11NO6. The van der Waals surface area contributed by atoms with Gasteiger partial charge in [-0.1, -0.05) is 0 Å². The quantitative estimate of drug-likeness (QED) is 0.538. The third kappa shape index (κ3) is 2.51. The first-order chi connectivity index (χ1) is 7.10. The fraction of sp³-hybridized carbons (Fsp3) is 0.625. The number of carbonyl (C=O) groups is 3. The first kappa shape index (κ1) is 11.6. The number of nitrogens with zero attached hydrogens (tertiary/aromatic N) is 1. The average molecular weight is 217 g/mol. The molecule has 0 atom stereocenters. The molecule has 0 radical (unpaired) electrons. The lowest BCUT2D eigenvalue weighted by atomic mass is 10.2. The lowest BCUT2D eigenvalue weighted by Gasteiger charge is -2.15. The molecule has 7 heteroatoms. The van der Waals surface area contributed by atoms with Crippen LogP contribution in [0.2, 0.25) is 0 Å². The normalized spacial score (nSPS) is 16.3. The monoisotopic (exact) mass is 217 g/mol. The first-order valence-corrected chi connectivity index (χ1v) is 4.39. The lowest BCUT2D eigenvalue weighted by Crippen LogP contribution is -2.36. The van der Waals surface area contributed by atoms with E-state index in [-0.39, 0.29) is 12.8 Å². The topological polar surface area (TPSA) is 104 Å². The Labute approximate surface area is 85.2 Å². The van der Waals surface area contributed by atoms with Gasteiger partial charge in [0.05, 0.1) is 13.2 Å². The Morgan fingerprint density at radius 2 is 1.73 bits per heavy atom. The van der Waals surface area contributed by atoms with E-state index in [1.54, 1.807) is 0 Å². The highest BCUT2D eigenvalue weighted by Gasteiger charge is 2.34. The summed E-state index contributed by atoms with van der Waals surface area (Å²) in [5.41, 5.74) is 0. The molecule has 2 amide bonds. The van der Waals surface area contributed by atoms with Crippen molar-refractivity contribution in [2.24, 2.45) is 5.92 Å². The van der Waals surface area contributed by atoms with Crippen LogP contribution >= 0.6 is 0 Å². The van der Waals surface area contributed by atoms with Crippen LogP contribution in [0.3, 0.4) is 0 Å². The van der Waals surface area contributed by atoms with Gasteiger partial charge in [-0.15, -0.1) is 5.06 Å². The van der Waals surface area contributed by atoms with E-state index in [4.69, 9.17) is 10.2 Å². The molecule has 1 aliphatic rings. The molecule has 0 aromatic rings. The van der Waals surface area contributed by atoms with Crippen molar-refractivity contribution in [1.29, 1.82) is 0 Å². The van der Waals surface area contributed by atoms with Gasteiger partial charge in [0.25, 0.3) is 11.8 Å². The van der Waals surface area contributed by atoms with Crippen LogP contribution in [-0.4, -0.2) is 46.3 Å². The third-order valence-electron chi connectivity index (χ3n) is 1.96. The second-order valence-corrected chi connectivity index (χ2v) is 3.05. The summed E-state index contributed by atoms with van der Waals surface area (Å²) in [4.78, 5) is 37.7. The molecule has 0 unspecified atom stereocenters. The van der Waals surface area contributed by atoms with Crippen LogP contribution < -0.4 is 0 Å². The van der Waals surface area contributed by atoms with Crippen molar-refractivity contribution < 1.29 is 29.4 Å². The third-order valence-corrected chi connectivity index (χ3v) is 1.96. The van der Waals surface area contributed by atoms with E-state index in [9.17, 15) is 14.4 Å². The van der Waals surface area contributed by atoms with Crippen molar-refractivity contribution in [3.63, 3.8) is 0 Å². The molecule has 0 aliphatic carbocycles. The molecule has 1 heterocycles. The smallest absolute Gasteiger partial charge is 0.340 e. The van der Waals surface area contributed by atoms with Crippen molar-refractivity contribution in [2.45, 2.75) is 12.8 Å². The van der Waals surface area contributed by atoms with Gasteiger partial charge in [-0.2, -0.15) is 0 Å². The largest absolute Gasteiger partial charge is 0.395 e. The van der Waals surface area contributed by atoms with Crippen LogP contribution in [-0.2, 0) is 19.2 Å². The van der Waals surface area contributed by atoms with Gasteiger partial charge in [0.2, 0.25) is 0 Å².